The molecule has 0 bridgehead atoms. The number of hydrogen-bond donors (Lipinski definition) is 1. The molecule has 0 spiro atoms. The molecule has 1 N–H and O–H groups in total. The molecular formula is C18H14ClNO4S. The van der Waals surface area contributed by atoms with Crippen molar-refractivity contribution in [2.24, 2.45) is 5.41 Å². The lowest BCUT2D eigenvalue weighted by Gasteiger charge is -2.05. The second kappa shape index (κ2) is 5.87. The standard InChI is InChI=1S/C18H14ClNO4S/c1-11-2-8-14(9-3-11)25(23,24)16-15(18(16,10-20)17(21)22)12-4-6-13(19)7-5-12/h2-9,15-16H,1H3,(H,21,22)/t15-,16-,18+/m0/s1. The molecule has 5 nitrogen and oxygen atoms in total. The summed E-state index contributed by atoms with van der Waals surface area (Å²) in [7, 11) is -3.99. The number of nitrogens with zero attached hydrogens (tertiary/aromatic N) is 1. The van der Waals surface area contributed by atoms with E-state index in [9.17, 15) is 23.6 Å². The number of hydrogen-bond acceptors (Lipinski definition) is 4. The Morgan fingerprint density at radius 2 is 1.72 bits per heavy atom. The van der Waals surface area contributed by atoms with Crippen molar-refractivity contribution in [1.29, 1.82) is 5.26 Å². The Labute approximate surface area is 150 Å². The van der Waals surface area contributed by atoms with Gasteiger partial charge in [-0.15, -0.1) is 0 Å². The molecule has 0 radical (unpaired) electrons. The van der Waals surface area contributed by atoms with Crippen molar-refractivity contribution in [2.75, 3.05) is 0 Å². The molecular weight excluding hydrogens is 362 g/mol. The fraction of sp³-hybridized carbons (Fsp3) is 0.222. The Morgan fingerprint density at radius 3 is 2.20 bits per heavy atom. The third-order valence-corrected chi connectivity index (χ3v) is 7.08. The van der Waals surface area contributed by atoms with E-state index in [1.165, 1.54) is 12.1 Å². The monoisotopic (exact) mass is 375 g/mol. The van der Waals surface area contributed by atoms with Gasteiger partial charge in [-0.1, -0.05) is 41.4 Å². The van der Waals surface area contributed by atoms with Gasteiger partial charge in [-0.2, -0.15) is 5.26 Å². The summed E-state index contributed by atoms with van der Waals surface area (Å²) < 4.78 is 26.0. The minimum Gasteiger partial charge on any atom is -0.480 e. The molecule has 0 amide bonds. The van der Waals surface area contributed by atoms with Gasteiger partial charge in [-0.25, -0.2) is 8.42 Å². The first-order valence-electron chi connectivity index (χ1n) is 7.46. The number of aryl methyl sites for hydroxylation is 1. The van der Waals surface area contributed by atoms with Crippen LogP contribution in [0.4, 0.5) is 0 Å². The van der Waals surface area contributed by atoms with Gasteiger partial charge in [0.25, 0.3) is 0 Å². The SMILES string of the molecule is Cc1ccc(S(=O)(=O)[C@H]2[C@H](c3ccc(Cl)cc3)[C@@]2(C#N)C(=O)O)cc1. The quantitative estimate of drug-likeness (QED) is 0.885. The van der Waals surface area contributed by atoms with E-state index < -0.39 is 32.4 Å². The van der Waals surface area contributed by atoms with Crippen molar-refractivity contribution in [1.82, 2.24) is 0 Å². The van der Waals surface area contributed by atoms with Crippen LogP contribution in [0.15, 0.2) is 53.4 Å². The molecule has 0 heterocycles. The summed E-state index contributed by atoms with van der Waals surface area (Å²) in [5, 5.41) is 18.2. The summed E-state index contributed by atoms with van der Waals surface area (Å²) in [6.07, 6.45) is 0. The number of rotatable bonds is 4. The van der Waals surface area contributed by atoms with Crippen LogP contribution in [0.5, 0.6) is 0 Å². The van der Waals surface area contributed by atoms with Crippen LogP contribution in [0.1, 0.15) is 17.0 Å². The molecule has 1 saturated carbocycles. The zero-order valence-electron chi connectivity index (χ0n) is 13.2. The number of sulfone groups is 1. The molecule has 3 rings (SSSR count). The van der Waals surface area contributed by atoms with Crippen molar-refractivity contribution in [3.63, 3.8) is 0 Å². The molecule has 3 atom stereocenters. The molecule has 1 fully saturated rings. The number of carboxylic acid groups (broad SMARTS) is 1. The molecule has 7 heteroatoms. The Kier molecular flexibility index (Phi) is 4.10. The summed E-state index contributed by atoms with van der Waals surface area (Å²) in [4.78, 5) is 11.8. The highest BCUT2D eigenvalue weighted by Gasteiger charge is 2.77. The van der Waals surface area contributed by atoms with Crippen LogP contribution in [-0.4, -0.2) is 24.7 Å². The lowest BCUT2D eigenvalue weighted by atomic mass is 10.0. The van der Waals surface area contributed by atoms with Gasteiger partial charge in [0.15, 0.2) is 15.3 Å². The van der Waals surface area contributed by atoms with E-state index in [-0.39, 0.29) is 4.90 Å². The number of halogens is 1. The molecule has 2 aromatic carbocycles. The Morgan fingerprint density at radius 1 is 1.16 bits per heavy atom. The van der Waals surface area contributed by atoms with Gasteiger partial charge in [0, 0.05) is 10.9 Å². The van der Waals surface area contributed by atoms with Gasteiger partial charge in [0.2, 0.25) is 0 Å². The summed E-state index contributed by atoms with van der Waals surface area (Å²) in [6.45, 7) is 1.82. The molecule has 1 aliphatic rings. The van der Waals surface area contributed by atoms with Crippen LogP contribution in [0, 0.1) is 23.7 Å². The highest BCUT2D eigenvalue weighted by Crippen LogP contribution is 2.64. The Balaban J connectivity index is 2.12. The van der Waals surface area contributed by atoms with Crippen LogP contribution >= 0.6 is 11.6 Å². The lowest BCUT2D eigenvalue weighted by Crippen LogP contribution is -2.22. The van der Waals surface area contributed by atoms with Crippen LogP contribution in [-0.2, 0) is 14.6 Å². The minimum absolute atomic E-state index is 0.0143. The van der Waals surface area contributed by atoms with Crippen LogP contribution < -0.4 is 0 Å². The van der Waals surface area contributed by atoms with E-state index in [2.05, 4.69) is 0 Å². The zero-order valence-corrected chi connectivity index (χ0v) is 14.8. The summed E-state index contributed by atoms with van der Waals surface area (Å²) >= 11 is 5.84. The molecule has 0 saturated heterocycles. The van der Waals surface area contributed by atoms with Gasteiger partial charge in [0.1, 0.15) is 5.25 Å². The lowest BCUT2D eigenvalue weighted by molar-refractivity contribution is -0.141. The average molecular weight is 376 g/mol. The zero-order chi connectivity index (χ0) is 18.4. The second-order valence-electron chi connectivity index (χ2n) is 6.09. The number of carbonyl (C=O) groups is 1. The molecule has 2 aromatic rings. The molecule has 0 aromatic heterocycles. The molecule has 1 aliphatic carbocycles. The first kappa shape index (κ1) is 17.5. The van der Waals surface area contributed by atoms with Crippen molar-refractivity contribution in [2.45, 2.75) is 23.0 Å². The predicted octanol–water partition coefficient (Wildman–Crippen LogP) is 3.18. The minimum atomic E-state index is -3.99. The van der Waals surface area contributed by atoms with Gasteiger partial charge >= 0.3 is 5.97 Å². The van der Waals surface area contributed by atoms with Crippen molar-refractivity contribution in [3.05, 3.63) is 64.7 Å². The highest BCUT2D eigenvalue weighted by atomic mass is 35.5. The fourth-order valence-corrected chi connectivity index (χ4v) is 5.57. The van der Waals surface area contributed by atoms with Crippen LogP contribution in [0.3, 0.4) is 0 Å². The van der Waals surface area contributed by atoms with E-state index in [0.29, 0.717) is 10.6 Å². The van der Waals surface area contributed by atoms with E-state index >= 15 is 0 Å². The maximum atomic E-state index is 13.0. The topological polar surface area (TPSA) is 95.2 Å². The largest absolute Gasteiger partial charge is 0.480 e. The molecule has 0 aliphatic heterocycles. The van der Waals surface area contributed by atoms with E-state index in [1.807, 2.05) is 6.92 Å². The maximum Gasteiger partial charge on any atom is 0.326 e. The number of carboxylic acids is 1. The summed E-state index contributed by atoms with van der Waals surface area (Å²) in [5.74, 6) is -2.38. The average Bonchev–Trinajstić information content (AvgIpc) is 3.27. The summed E-state index contributed by atoms with van der Waals surface area (Å²) in [5.41, 5.74) is -0.653. The second-order valence-corrected chi connectivity index (χ2v) is 8.60. The maximum absolute atomic E-state index is 13.0. The van der Waals surface area contributed by atoms with Crippen LogP contribution in [0.2, 0.25) is 5.02 Å². The predicted molar refractivity (Wildman–Crippen MR) is 92.0 cm³/mol. The van der Waals surface area contributed by atoms with Crippen LogP contribution in [0.25, 0.3) is 0 Å². The van der Waals surface area contributed by atoms with E-state index in [4.69, 9.17) is 11.6 Å². The van der Waals surface area contributed by atoms with Gasteiger partial charge < -0.3 is 5.11 Å². The van der Waals surface area contributed by atoms with E-state index in [1.54, 1.807) is 42.5 Å². The first-order valence-corrected chi connectivity index (χ1v) is 9.38. The fourth-order valence-electron chi connectivity index (χ4n) is 3.20. The van der Waals surface area contributed by atoms with Crippen molar-refractivity contribution >= 4 is 27.4 Å². The third-order valence-electron chi connectivity index (χ3n) is 4.58. The number of benzene rings is 2. The first-order chi connectivity index (χ1) is 11.7. The molecule has 25 heavy (non-hydrogen) atoms. The van der Waals surface area contributed by atoms with Gasteiger partial charge in [-0.05, 0) is 36.8 Å². The van der Waals surface area contributed by atoms with Crippen molar-refractivity contribution < 1.29 is 18.3 Å². The molecule has 128 valence electrons. The number of aliphatic carboxylic acids is 1. The normalized spacial score (nSPS) is 25.2. The van der Waals surface area contributed by atoms with Gasteiger partial charge in [0.05, 0.1) is 11.0 Å². The summed E-state index contributed by atoms with van der Waals surface area (Å²) in [6, 6.07) is 14.1. The Hall–Kier alpha value is -2.36. The smallest absolute Gasteiger partial charge is 0.326 e. The third kappa shape index (κ3) is 2.60. The van der Waals surface area contributed by atoms with Crippen molar-refractivity contribution in [3.8, 4) is 6.07 Å². The van der Waals surface area contributed by atoms with Gasteiger partial charge in [-0.3, -0.25) is 4.79 Å². The number of nitriles is 1. The molecule has 0 unspecified atom stereocenters. The highest BCUT2D eigenvalue weighted by molar-refractivity contribution is 7.92. The van der Waals surface area contributed by atoms with E-state index in [0.717, 1.165) is 5.56 Å². The Bertz CT molecular complexity index is 977.